The number of hydrogen-bond donors (Lipinski definition) is 1. The molecule has 0 amide bonds. The van der Waals surface area contributed by atoms with Gasteiger partial charge in [0.2, 0.25) is 5.95 Å². The van der Waals surface area contributed by atoms with E-state index in [4.69, 9.17) is 0 Å². The summed E-state index contributed by atoms with van der Waals surface area (Å²) >= 11 is 1.84. The number of imidazole rings is 1. The van der Waals surface area contributed by atoms with E-state index < -0.39 is 0 Å². The molecule has 0 unspecified atom stereocenters. The predicted octanol–water partition coefficient (Wildman–Crippen LogP) is 3.36. The molecule has 0 fully saturated rings. The summed E-state index contributed by atoms with van der Waals surface area (Å²) in [5, 5.41) is 3.35. The van der Waals surface area contributed by atoms with Gasteiger partial charge in [0.1, 0.15) is 0 Å². The molecule has 3 nitrogen and oxygen atoms in total. The van der Waals surface area contributed by atoms with E-state index in [1.165, 1.54) is 15.3 Å². The second-order valence-corrected chi connectivity index (χ2v) is 5.34. The molecule has 0 atom stereocenters. The van der Waals surface area contributed by atoms with Crippen molar-refractivity contribution in [1.82, 2.24) is 9.55 Å². The van der Waals surface area contributed by atoms with Gasteiger partial charge in [-0.25, -0.2) is 4.98 Å². The number of hydrogen-bond acceptors (Lipinski definition) is 3. The topological polar surface area (TPSA) is 29.9 Å². The normalized spacial score (nSPS) is 10.5. The van der Waals surface area contributed by atoms with E-state index in [0.29, 0.717) is 0 Å². The molecular weight excluding hydrogens is 230 g/mol. The predicted molar refractivity (Wildman–Crippen MR) is 73.5 cm³/mol. The molecule has 0 bridgehead atoms. The smallest absolute Gasteiger partial charge is 0.203 e. The number of aromatic nitrogens is 2. The second-order valence-electron chi connectivity index (χ2n) is 4.00. The summed E-state index contributed by atoms with van der Waals surface area (Å²) in [6.45, 7) is 9.65. The van der Waals surface area contributed by atoms with Crippen LogP contribution in [-0.4, -0.2) is 9.55 Å². The van der Waals surface area contributed by atoms with Crippen molar-refractivity contribution >= 4 is 17.3 Å². The summed E-state index contributed by atoms with van der Waals surface area (Å²) in [6.07, 6.45) is 5.62. The number of nitrogens with one attached hydrogen (secondary N) is 1. The van der Waals surface area contributed by atoms with E-state index >= 15 is 0 Å². The van der Waals surface area contributed by atoms with Crippen LogP contribution in [0.4, 0.5) is 5.95 Å². The Balaban J connectivity index is 2.01. The van der Waals surface area contributed by atoms with Crippen LogP contribution in [-0.2, 0) is 13.1 Å². The largest absolute Gasteiger partial charge is 0.351 e. The Kier molecular flexibility index (Phi) is 3.64. The van der Waals surface area contributed by atoms with Gasteiger partial charge < -0.3 is 9.88 Å². The maximum Gasteiger partial charge on any atom is 0.203 e. The zero-order chi connectivity index (χ0) is 12.3. The Bertz CT molecular complexity index is 491. The molecule has 4 heteroatoms. The highest BCUT2D eigenvalue weighted by atomic mass is 32.1. The Labute approximate surface area is 106 Å². The van der Waals surface area contributed by atoms with Crippen LogP contribution in [0.15, 0.2) is 31.1 Å². The molecule has 1 N–H and O–H groups in total. The van der Waals surface area contributed by atoms with Crippen LogP contribution in [0.3, 0.4) is 0 Å². The first-order chi connectivity index (χ1) is 8.20. The maximum atomic E-state index is 4.29. The zero-order valence-corrected chi connectivity index (χ0v) is 11.0. The van der Waals surface area contributed by atoms with E-state index in [9.17, 15) is 0 Å². The van der Waals surface area contributed by atoms with Crippen molar-refractivity contribution in [2.75, 3.05) is 5.32 Å². The van der Waals surface area contributed by atoms with Crippen molar-refractivity contribution in [2.45, 2.75) is 26.9 Å². The number of aryl methyl sites for hydroxylation is 2. The van der Waals surface area contributed by atoms with Gasteiger partial charge in [0.15, 0.2) is 0 Å². The van der Waals surface area contributed by atoms with Crippen LogP contribution in [0.2, 0.25) is 0 Å². The van der Waals surface area contributed by atoms with Crippen LogP contribution >= 0.6 is 11.3 Å². The monoisotopic (exact) mass is 247 g/mol. The van der Waals surface area contributed by atoms with Crippen LogP contribution in [0.25, 0.3) is 0 Å². The van der Waals surface area contributed by atoms with Gasteiger partial charge in [-0.05, 0) is 25.5 Å². The lowest BCUT2D eigenvalue weighted by molar-refractivity contribution is 0.821. The third kappa shape index (κ3) is 2.77. The van der Waals surface area contributed by atoms with Gasteiger partial charge in [0.25, 0.3) is 0 Å². The van der Waals surface area contributed by atoms with E-state index in [0.717, 1.165) is 19.0 Å². The molecule has 0 saturated heterocycles. The van der Waals surface area contributed by atoms with Gasteiger partial charge in [0, 0.05) is 28.7 Å². The fraction of sp³-hybridized carbons (Fsp3) is 0.308. The number of allylic oxidation sites excluding steroid dienone is 1. The highest BCUT2D eigenvalue weighted by molar-refractivity contribution is 7.12. The number of thiophene rings is 1. The van der Waals surface area contributed by atoms with Crippen molar-refractivity contribution in [3.05, 3.63) is 46.4 Å². The van der Waals surface area contributed by atoms with Crippen LogP contribution in [0, 0.1) is 13.8 Å². The number of nitrogens with zero attached hydrogens (tertiary/aromatic N) is 2. The molecule has 17 heavy (non-hydrogen) atoms. The lowest BCUT2D eigenvalue weighted by Crippen LogP contribution is -2.05. The summed E-state index contributed by atoms with van der Waals surface area (Å²) in [5.74, 6) is 0.897. The van der Waals surface area contributed by atoms with Gasteiger partial charge in [-0.2, -0.15) is 0 Å². The average molecular weight is 247 g/mol. The zero-order valence-electron chi connectivity index (χ0n) is 10.2. The van der Waals surface area contributed by atoms with E-state index in [-0.39, 0.29) is 0 Å². The summed E-state index contributed by atoms with van der Waals surface area (Å²) in [6, 6.07) is 2.23. The third-order valence-corrected chi connectivity index (χ3v) is 3.83. The fourth-order valence-electron chi connectivity index (χ4n) is 1.67. The first-order valence-electron chi connectivity index (χ1n) is 5.62. The fourth-order valence-corrected chi connectivity index (χ4v) is 2.66. The Hall–Kier alpha value is -1.55. The van der Waals surface area contributed by atoms with Gasteiger partial charge in [-0.3, -0.25) is 0 Å². The Morgan fingerprint density at radius 3 is 3.00 bits per heavy atom. The molecule has 2 aromatic heterocycles. The molecule has 0 aromatic carbocycles. The Morgan fingerprint density at radius 2 is 2.35 bits per heavy atom. The van der Waals surface area contributed by atoms with Crippen LogP contribution in [0.1, 0.15) is 15.3 Å². The second kappa shape index (κ2) is 5.19. The molecule has 2 heterocycles. The lowest BCUT2D eigenvalue weighted by atomic mass is 10.3. The highest BCUT2D eigenvalue weighted by Gasteiger charge is 2.04. The summed E-state index contributed by atoms with van der Waals surface area (Å²) in [5.41, 5.74) is 1.36. The number of rotatable bonds is 5. The molecule has 0 aliphatic carbocycles. The quantitative estimate of drug-likeness (QED) is 0.821. The van der Waals surface area contributed by atoms with Crippen LogP contribution < -0.4 is 5.32 Å². The van der Waals surface area contributed by atoms with Gasteiger partial charge in [-0.1, -0.05) is 6.08 Å². The molecule has 0 aliphatic rings. The summed E-state index contributed by atoms with van der Waals surface area (Å²) in [4.78, 5) is 7.01. The lowest BCUT2D eigenvalue weighted by Gasteiger charge is -2.06. The van der Waals surface area contributed by atoms with Gasteiger partial charge in [0.05, 0.1) is 6.54 Å². The molecule has 90 valence electrons. The molecule has 0 radical (unpaired) electrons. The SMILES string of the molecule is C=CCn1ccnc1NCc1cc(C)c(C)s1. The minimum Gasteiger partial charge on any atom is -0.351 e. The summed E-state index contributed by atoms with van der Waals surface area (Å²) < 4.78 is 2.04. The van der Waals surface area contributed by atoms with E-state index in [1.807, 2.05) is 28.2 Å². The van der Waals surface area contributed by atoms with E-state index in [2.05, 4.69) is 36.8 Å². The first-order valence-corrected chi connectivity index (χ1v) is 6.44. The van der Waals surface area contributed by atoms with Gasteiger partial charge >= 0.3 is 0 Å². The van der Waals surface area contributed by atoms with Crippen molar-refractivity contribution in [1.29, 1.82) is 0 Å². The minimum absolute atomic E-state index is 0.783. The average Bonchev–Trinajstić information content (AvgIpc) is 2.85. The molecule has 2 aromatic rings. The number of anilines is 1. The molecular formula is C13H17N3S. The molecule has 0 spiro atoms. The van der Waals surface area contributed by atoms with Crippen molar-refractivity contribution in [2.24, 2.45) is 0 Å². The third-order valence-electron chi connectivity index (χ3n) is 2.68. The minimum atomic E-state index is 0.783. The van der Waals surface area contributed by atoms with Crippen molar-refractivity contribution in [3.8, 4) is 0 Å². The molecule has 0 aliphatic heterocycles. The molecule has 0 saturated carbocycles. The van der Waals surface area contributed by atoms with Crippen molar-refractivity contribution in [3.63, 3.8) is 0 Å². The van der Waals surface area contributed by atoms with Crippen LogP contribution in [0.5, 0.6) is 0 Å². The standard InChI is InChI=1S/C13H17N3S/c1-4-6-16-7-5-14-13(16)15-9-12-8-10(2)11(3)17-12/h4-5,7-8H,1,6,9H2,2-3H3,(H,14,15). The first kappa shape index (κ1) is 11.9. The van der Waals surface area contributed by atoms with E-state index in [1.54, 1.807) is 6.20 Å². The molecule has 2 rings (SSSR count). The summed E-state index contributed by atoms with van der Waals surface area (Å²) in [7, 11) is 0. The maximum absolute atomic E-state index is 4.29. The van der Waals surface area contributed by atoms with Crippen molar-refractivity contribution < 1.29 is 0 Å². The highest BCUT2D eigenvalue weighted by Crippen LogP contribution is 2.21. The van der Waals surface area contributed by atoms with Gasteiger partial charge in [-0.15, -0.1) is 17.9 Å². The Morgan fingerprint density at radius 1 is 1.53 bits per heavy atom.